The highest BCUT2D eigenvalue weighted by molar-refractivity contribution is 7.92. The minimum atomic E-state index is -4.09. The second kappa shape index (κ2) is 10.2. The first-order valence-electron chi connectivity index (χ1n) is 9.31. The van der Waals surface area contributed by atoms with Crippen LogP contribution in [-0.2, 0) is 10.0 Å². The zero-order chi connectivity index (χ0) is 24.0. The van der Waals surface area contributed by atoms with Gasteiger partial charge in [-0.15, -0.1) is 0 Å². The zero-order valence-corrected chi connectivity index (χ0v) is 19.1. The quantitative estimate of drug-likeness (QED) is 0.256. The second-order valence-electron chi connectivity index (χ2n) is 6.57. The van der Waals surface area contributed by atoms with Gasteiger partial charge >= 0.3 is 0 Å². The van der Waals surface area contributed by atoms with E-state index in [0.717, 1.165) is 6.07 Å². The van der Waals surface area contributed by atoms with E-state index < -0.39 is 20.6 Å². The molecule has 0 fully saturated rings. The fourth-order valence-electron chi connectivity index (χ4n) is 2.77. The van der Waals surface area contributed by atoms with Crippen molar-refractivity contribution in [3.8, 4) is 11.5 Å². The average molecular weight is 491 g/mol. The van der Waals surface area contributed by atoms with Crippen LogP contribution in [0.15, 0.2) is 70.7 Å². The maximum Gasteiger partial charge on any atom is 0.295 e. The first kappa shape index (κ1) is 23.8. The molecule has 0 amide bonds. The Labute approximate surface area is 195 Å². The molecule has 0 heterocycles. The van der Waals surface area contributed by atoms with Gasteiger partial charge in [-0.25, -0.2) is 8.42 Å². The van der Waals surface area contributed by atoms with Crippen molar-refractivity contribution in [1.82, 2.24) is 0 Å². The molecule has 0 aromatic heterocycles. The number of anilines is 2. The van der Waals surface area contributed by atoms with Crippen molar-refractivity contribution in [2.75, 3.05) is 24.4 Å². The second-order valence-corrected chi connectivity index (χ2v) is 8.69. The molecule has 3 aromatic rings. The number of hydrogen-bond donors (Lipinski definition) is 2. The normalized spacial score (nSPS) is 11.2. The van der Waals surface area contributed by atoms with E-state index in [-0.39, 0.29) is 16.3 Å². The Hall–Kier alpha value is -3.83. The molecular formula is C21H19ClN4O6S. The minimum absolute atomic E-state index is 0.00724. The lowest BCUT2D eigenvalue weighted by Gasteiger charge is -2.10. The lowest BCUT2D eigenvalue weighted by molar-refractivity contribution is -0.384. The fraction of sp³-hybridized carbons (Fsp3) is 0.0952. The topological polar surface area (TPSA) is 132 Å². The number of nitrogens with zero attached hydrogens (tertiary/aromatic N) is 2. The molecule has 33 heavy (non-hydrogen) atoms. The summed E-state index contributed by atoms with van der Waals surface area (Å²) in [5.41, 5.74) is 2.95. The van der Waals surface area contributed by atoms with Crippen molar-refractivity contribution < 1.29 is 22.8 Å². The number of nitro groups is 1. The Kier molecular flexibility index (Phi) is 7.36. The van der Waals surface area contributed by atoms with Crippen molar-refractivity contribution >= 4 is 44.9 Å². The SMILES string of the molecule is COc1cc(C=NNc2ccc(S(=O)(=O)Nc3cccc(Cl)c3)cc2[N+](=O)[O-])cc(OC)c1. The van der Waals surface area contributed by atoms with Crippen molar-refractivity contribution in [1.29, 1.82) is 0 Å². The Balaban J connectivity index is 1.84. The molecule has 0 unspecified atom stereocenters. The van der Waals surface area contributed by atoms with Crippen molar-refractivity contribution in [3.05, 3.63) is 81.4 Å². The number of rotatable bonds is 9. The molecule has 3 aromatic carbocycles. The molecule has 0 saturated heterocycles. The minimum Gasteiger partial charge on any atom is -0.497 e. The van der Waals surface area contributed by atoms with Gasteiger partial charge in [0.2, 0.25) is 0 Å². The third kappa shape index (κ3) is 6.11. The number of ether oxygens (including phenoxy) is 2. The number of halogens is 1. The van der Waals surface area contributed by atoms with Crippen LogP contribution in [0.2, 0.25) is 5.02 Å². The van der Waals surface area contributed by atoms with E-state index in [4.69, 9.17) is 21.1 Å². The summed E-state index contributed by atoms with van der Waals surface area (Å²) in [5.74, 6) is 1.09. The predicted octanol–water partition coefficient (Wildman–Crippen LogP) is 4.51. The van der Waals surface area contributed by atoms with Crippen molar-refractivity contribution in [2.24, 2.45) is 5.10 Å². The molecule has 0 radical (unpaired) electrons. The van der Waals surface area contributed by atoms with Crippen LogP contribution in [0.1, 0.15) is 5.56 Å². The van der Waals surface area contributed by atoms with Crippen LogP contribution >= 0.6 is 11.6 Å². The van der Waals surface area contributed by atoms with Gasteiger partial charge in [0.15, 0.2) is 0 Å². The predicted molar refractivity (Wildman–Crippen MR) is 126 cm³/mol. The fourth-order valence-corrected chi connectivity index (χ4v) is 4.03. The third-order valence-electron chi connectivity index (χ3n) is 4.33. The molecule has 0 aliphatic rings. The maximum absolute atomic E-state index is 12.7. The molecule has 172 valence electrons. The molecule has 3 rings (SSSR count). The molecule has 0 aliphatic heterocycles. The molecule has 10 nitrogen and oxygen atoms in total. The Morgan fingerprint density at radius 3 is 2.33 bits per heavy atom. The third-order valence-corrected chi connectivity index (χ3v) is 5.94. The smallest absolute Gasteiger partial charge is 0.295 e. The summed E-state index contributed by atoms with van der Waals surface area (Å²) in [6.45, 7) is 0. The number of benzene rings is 3. The molecule has 12 heteroatoms. The van der Waals surface area contributed by atoms with E-state index in [0.29, 0.717) is 22.1 Å². The van der Waals surface area contributed by atoms with Crippen LogP contribution in [0.4, 0.5) is 17.1 Å². The molecule has 0 aliphatic carbocycles. The van der Waals surface area contributed by atoms with Crippen LogP contribution in [0.3, 0.4) is 0 Å². The van der Waals surface area contributed by atoms with Gasteiger partial charge in [0.05, 0.1) is 35.9 Å². The van der Waals surface area contributed by atoms with Crippen molar-refractivity contribution in [2.45, 2.75) is 4.90 Å². The maximum atomic E-state index is 12.7. The Morgan fingerprint density at radius 1 is 1.03 bits per heavy atom. The van der Waals surface area contributed by atoms with E-state index in [9.17, 15) is 18.5 Å². The lowest BCUT2D eigenvalue weighted by atomic mass is 10.2. The summed E-state index contributed by atoms with van der Waals surface area (Å²) in [6.07, 6.45) is 1.42. The number of hydrazone groups is 1. The van der Waals surface area contributed by atoms with Gasteiger partial charge in [0.25, 0.3) is 15.7 Å². The van der Waals surface area contributed by atoms with Crippen LogP contribution in [0.5, 0.6) is 11.5 Å². The highest BCUT2D eigenvalue weighted by atomic mass is 35.5. The molecule has 2 N–H and O–H groups in total. The molecule has 0 spiro atoms. The standard InChI is InChI=1S/C21H19ClN4O6S/c1-31-17-8-14(9-18(11-17)32-2)13-23-24-20-7-6-19(12-21(20)26(27)28)33(29,30)25-16-5-3-4-15(22)10-16/h3-13,24-25H,1-2H3. The Morgan fingerprint density at radius 2 is 1.73 bits per heavy atom. The first-order chi connectivity index (χ1) is 15.7. The monoisotopic (exact) mass is 490 g/mol. The summed E-state index contributed by atoms with van der Waals surface area (Å²) in [5, 5.41) is 15.9. The van der Waals surface area contributed by atoms with Crippen LogP contribution < -0.4 is 19.6 Å². The highest BCUT2D eigenvalue weighted by Crippen LogP contribution is 2.29. The summed E-state index contributed by atoms with van der Waals surface area (Å²) in [4.78, 5) is 10.6. The Bertz CT molecular complexity index is 1290. The number of nitro benzene ring substituents is 1. The van der Waals surface area contributed by atoms with Gasteiger partial charge in [-0.05, 0) is 42.5 Å². The number of methoxy groups -OCH3 is 2. The van der Waals surface area contributed by atoms with E-state index >= 15 is 0 Å². The molecule has 0 atom stereocenters. The van der Waals surface area contributed by atoms with Gasteiger partial charge in [0.1, 0.15) is 17.2 Å². The molecular weight excluding hydrogens is 472 g/mol. The lowest BCUT2D eigenvalue weighted by Crippen LogP contribution is -2.13. The average Bonchev–Trinajstić information content (AvgIpc) is 2.78. The van der Waals surface area contributed by atoms with Crippen LogP contribution in [0.25, 0.3) is 0 Å². The van der Waals surface area contributed by atoms with Gasteiger partial charge in [-0.2, -0.15) is 5.10 Å². The molecule has 0 saturated carbocycles. The van der Waals surface area contributed by atoms with Crippen LogP contribution in [0, 0.1) is 10.1 Å². The first-order valence-corrected chi connectivity index (χ1v) is 11.2. The number of nitrogens with one attached hydrogen (secondary N) is 2. The van der Waals surface area contributed by atoms with Gasteiger partial charge in [-0.1, -0.05) is 17.7 Å². The van der Waals surface area contributed by atoms with Gasteiger partial charge in [-0.3, -0.25) is 20.3 Å². The largest absolute Gasteiger partial charge is 0.497 e. The van der Waals surface area contributed by atoms with E-state index in [1.165, 1.54) is 44.7 Å². The van der Waals surface area contributed by atoms with Crippen LogP contribution in [-0.4, -0.2) is 33.8 Å². The molecule has 0 bridgehead atoms. The van der Waals surface area contributed by atoms with E-state index in [1.54, 1.807) is 30.3 Å². The van der Waals surface area contributed by atoms with Gasteiger partial charge < -0.3 is 9.47 Å². The number of sulfonamides is 1. The summed E-state index contributed by atoms with van der Waals surface area (Å²) in [7, 11) is -1.07. The summed E-state index contributed by atoms with van der Waals surface area (Å²) >= 11 is 5.87. The summed E-state index contributed by atoms with van der Waals surface area (Å²) in [6, 6.07) is 14.6. The number of hydrogen-bond acceptors (Lipinski definition) is 8. The van der Waals surface area contributed by atoms with Crippen molar-refractivity contribution in [3.63, 3.8) is 0 Å². The zero-order valence-electron chi connectivity index (χ0n) is 17.5. The van der Waals surface area contributed by atoms with E-state index in [2.05, 4.69) is 15.2 Å². The summed E-state index contributed by atoms with van der Waals surface area (Å²) < 4.78 is 38.0. The van der Waals surface area contributed by atoms with Gasteiger partial charge in [0, 0.05) is 22.7 Å². The highest BCUT2D eigenvalue weighted by Gasteiger charge is 2.21. The van der Waals surface area contributed by atoms with E-state index in [1.807, 2.05) is 0 Å².